The van der Waals surface area contributed by atoms with Gasteiger partial charge < -0.3 is 10.0 Å². The highest BCUT2D eigenvalue weighted by atomic mass is 16.3. The lowest BCUT2D eigenvalue weighted by Gasteiger charge is -2.14. The van der Waals surface area contributed by atoms with E-state index < -0.39 is 0 Å². The van der Waals surface area contributed by atoms with Gasteiger partial charge in [0, 0.05) is 13.1 Å². The molecule has 1 aromatic carbocycles. The van der Waals surface area contributed by atoms with Crippen LogP contribution >= 0.6 is 0 Å². The number of likely N-dealkylation sites (tertiary alicyclic amines) is 1. The van der Waals surface area contributed by atoms with Crippen LogP contribution in [0.15, 0.2) is 30.3 Å². The molecule has 0 aromatic heterocycles. The van der Waals surface area contributed by atoms with Crippen molar-refractivity contribution in [3.05, 3.63) is 35.9 Å². The van der Waals surface area contributed by atoms with Crippen molar-refractivity contribution >= 4 is 12.4 Å². The first-order valence-electron chi connectivity index (χ1n) is 5.67. The summed E-state index contributed by atoms with van der Waals surface area (Å²) in [6.45, 7) is 1.65. The first kappa shape index (κ1) is 13.2. The molecule has 1 N–H and O–H groups in total. The van der Waals surface area contributed by atoms with E-state index in [1.54, 1.807) is 0 Å². The summed E-state index contributed by atoms with van der Waals surface area (Å²) in [5.41, 5.74) is 1.12. The number of amides is 1. The van der Waals surface area contributed by atoms with Crippen LogP contribution in [0.4, 0.5) is 0 Å². The standard InChI is InChI=1S/C12H15NO.CH2O2/c14-12(13-8-4-5-9-13)10-11-6-2-1-3-7-11;2-1-3/h1-3,6-7H,4-5,8-10H2;1H,(H,2,3). The Labute approximate surface area is 101 Å². The van der Waals surface area contributed by atoms with Gasteiger partial charge >= 0.3 is 0 Å². The summed E-state index contributed by atoms with van der Waals surface area (Å²) in [7, 11) is 0. The Morgan fingerprint density at radius 2 is 1.76 bits per heavy atom. The van der Waals surface area contributed by atoms with Gasteiger partial charge in [0.2, 0.25) is 5.91 Å². The third-order valence-electron chi connectivity index (χ3n) is 2.66. The van der Waals surface area contributed by atoms with E-state index in [-0.39, 0.29) is 12.4 Å². The number of hydrogen-bond acceptors (Lipinski definition) is 2. The summed E-state index contributed by atoms with van der Waals surface area (Å²) in [6.07, 6.45) is 2.89. The van der Waals surface area contributed by atoms with E-state index in [4.69, 9.17) is 9.90 Å². The van der Waals surface area contributed by atoms with Gasteiger partial charge in [0.05, 0.1) is 6.42 Å². The summed E-state index contributed by atoms with van der Waals surface area (Å²) in [5, 5.41) is 6.89. The van der Waals surface area contributed by atoms with Crippen molar-refractivity contribution in [2.75, 3.05) is 13.1 Å². The number of carboxylic acid groups (broad SMARTS) is 1. The van der Waals surface area contributed by atoms with E-state index in [1.165, 1.54) is 12.8 Å². The van der Waals surface area contributed by atoms with Crippen molar-refractivity contribution in [2.24, 2.45) is 0 Å². The second-order valence-electron chi connectivity index (χ2n) is 3.86. The number of hydrogen-bond donors (Lipinski definition) is 1. The first-order valence-corrected chi connectivity index (χ1v) is 5.67. The first-order chi connectivity index (χ1) is 8.27. The molecular formula is C13H17NO3. The van der Waals surface area contributed by atoms with Crippen molar-refractivity contribution in [1.82, 2.24) is 4.90 Å². The average Bonchev–Trinajstić information content (AvgIpc) is 2.85. The third kappa shape index (κ3) is 4.68. The zero-order chi connectivity index (χ0) is 12.5. The van der Waals surface area contributed by atoms with Crippen LogP contribution in [0.2, 0.25) is 0 Å². The predicted octanol–water partition coefficient (Wildman–Crippen LogP) is 1.55. The zero-order valence-corrected chi connectivity index (χ0v) is 9.71. The SMILES string of the molecule is O=C(Cc1ccccc1)N1CCCC1.O=CO. The predicted molar refractivity (Wildman–Crippen MR) is 64.7 cm³/mol. The Hall–Kier alpha value is -1.84. The van der Waals surface area contributed by atoms with Crippen molar-refractivity contribution < 1.29 is 14.7 Å². The van der Waals surface area contributed by atoms with Gasteiger partial charge in [-0.1, -0.05) is 30.3 Å². The second-order valence-corrected chi connectivity index (χ2v) is 3.86. The molecule has 0 aliphatic carbocycles. The lowest BCUT2D eigenvalue weighted by molar-refractivity contribution is -0.129. The minimum absolute atomic E-state index is 0.250. The van der Waals surface area contributed by atoms with Gasteiger partial charge in [-0.3, -0.25) is 9.59 Å². The zero-order valence-electron chi connectivity index (χ0n) is 9.71. The molecule has 1 aliphatic rings. The lowest BCUT2D eigenvalue weighted by Crippen LogP contribution is -2.28. The Bertz CT molecular complexity index is 345. The number of rotatable bonds is 2. The van der Waals surface area contributed by atoms with E-state index in [2.05, 4.69) is 0 Å². The Morgan fingerprint density at radius 1 is 1.24 bits per heavy atom. The van der Waals surface area contributed by atoms with Crippen LogP contribution in [0.1, 0.15) is 18.4 Å². The molecule has 17 heavy (non-hydrogen) atoms. The summed E-state index contributed by atoms with van der Waals surface area (Å²) in [6, 6.07) is 9.95. The van der Waals surface area contributed by atoms with Crippen LogP contribution in [-0.2, 0) is 16.0 Å². The van der Waals surface area contributed by atoms with Gasteiger partial charge in [0.25, 0.3) is 6.47 Å². The fourth-order valence-electron chi connectivity index (χ4n) is 1.85. The van der Waals surface area contributed by atoms with Crippen molar-refractivity contribution in [3.8, 4) is 0 Å². The molecule has 1 heterocycles. The van der Waals surface area contributed by atoms with Gasteiger partial charge in [-0.25, -0.2) is 0 Å². The number of carbonyl (C=O) groups is 2. The molecule has 4 nitrogen and oxygen atoms in total. The van der Waals surface area contributed by atoms with Crippen LogP contribution in [-0.4, -0.2) is 35.5 Å². The maximum absolute atomic E-state index is 11.7. The maximum atomic E-state index is 11.7. The Balaban J connectivity index is 0.000000437. The lowest BCUT2D eigenvalue weighted by atomic mass is 10.1. The summed E-state index contributed by atoms with van der Waals surface area (Å²) >= 11 is 0. The molecular weight excluding hydrogens is 218 g/mol. The summed E-state index contributed by atoms with van der Waals surface area (Å²) in [5.74, 6) is 0.272. The van der Waals surface area contributed by atoms with Crippen molar-refractivity contribution in [2.45, 2.75) is 19.3 Å². The second kappa shape index (κ2) is 7.44. The van der Waals surface area contributed by atoms with E-state index in [0.717, 1.165) is 18.7 Å². The smallest absolute Gasteiger partial charge is 0.290 e. The quantitative estimate of drug-likeness (QED) is 0.791. The molecule has 0 unspecified atom stereocenters. The molecule has 1 aliphatic heterocycles. The van der Waals surface area contributed by atoms with Crippen molar-refractivity contribution in [1.29, 1.82) is 0 Å². The minimum Gasteiger partial charge on any atom is -0.483 e. The molecule has 1 fully saturated rings. The van der Waals surface area contributed by atoms with Crippen LogP contribution in [0.5, 0.6) is 0 Å². The van der Waals surface area contributed by atoms with Crippen molar-refractivity contribution in [3.63, 3.8) is 0 Å². The average molecular weight is 235 g/mol. The van der Waals surface area contributed by atoms with E-state index in [0.29, 0.717) is 6.42 Å². The Kier molecular flexibility index (Phi) is 5.79. The fraction of sp³-hybridized carbons (Fsp3) is 0.385. The topological polar surface area (TPSA) is 57.6 Å². The summed E-state index contributed by atoms with van der Waals surface area (Å²) in [4.78, 5) is 22.1. The van der Waals surface area contributed by atoms with E-state index in [9.17, 15) is 4.79 Å². The fourth-order valence-corrected chi connectivity index (χ4v) is 1.85. The minimum atomic E-state index is -0.250. The molecule has 0 bridgehead atoms. The van der Waals surface area contributed by atoms with Crippen LogP contribution in [0.25, 0.3) is 0 Å². The van der Waals surface area contributed by atoms with Crippen LogP contribution in [0, 0.1) is 0 Å². The highest BCUT2D eigenvalue weighted by Crippen LogP contribution is 2.10. The molecule has 2 rings (SSSR count). The molecule has 0 spiro atoms. The van der Waals surface area contributed by atoms with Gasteiger partial charge in [0.15, 0.2) is 0 Å². The highest BCUT2D eigenvalue weighted by molar-refractivity contribution is 5.78. The molecule has 4 heteroatoms. The van der Waals surface area contributed by atoms with Gasteiger partial charge in [-0.15, -0.1) is 0 Å². The maximum Gasteiger partial charge on any atom is 0.290 e. The molecule has 0 atom stereocenters. The molecule has 92 valence electrons. The molecule has 0 radical (unpaired) electrons. The molecule has 1 saturated heterocycles. The number of benzene rings is 1. The molecule has 1 amide bonds. The Morgan fingerprint density at radius 3 is 2.29 bits per heavy atom. The third-order valence-corrected chi connectivity index (χ3v) is 2.66. The molecule has 1 aromatic rings. The van der Waals surface area contributed by atoms with Crippen LogP contribution in [0.3, 0.4) is 0 Å². The highest BCUT2D eigenvalue weighted by Gasteiger charge is 2.17. The summed E-state index contributed by atoms with van der Waals surface area (Å²) < 4.78 is 0. The van der Waals surface area contributed by atoms with Gasteiger partial charge in [-0.2, -0.15) is 0 Å². The largest absolute Gasteiger partial charge is 0.483 e. The monoisotopic (exact) mass is 235 g/mol. The van der Waals surface area contributed by atoms with E-state index >= 15 is 0 Å². The van der Waals surface area contributed by atoms with E-state index in [1.807, 2.05) is 35.2 Å². The number of carbonyl (C=O) groups excluding carboxylic acids is 1. The van der Waals surface area contributed by atoms with Crippen LogP contribution < -0.4 is 0 Å². The normalized spacial score (nSPS) is 13.8. The molecule has 0 saturated carbocycles. The number of nitrogens with zero attached hydrogens (tertiary/aromatic N) is 1. The van der Waals surface area contributed by atoms with Gasteiger partial charge in [-0.05, 0) is 18.4 Å². The van der Waals surface area contributed by atoms with Gasteiger partial charge in [0.1, 0.15) is 0 Å².